The van der Waals surface area contributed by atoms with Crippen molar-refractivity contribution in [2.45, 2.75) is 32.4 Å². The van der Waals surface area contributed by atoms with Gasteiger partial charge in [0.15, 0.2) is 0 Å². The van der Waals surface area contributed by atoms with E-state index in [-0.39, 0.29) is 11.9 Å². The average Bonchev–Trinajstić information content (AvgIpc) is 2.60. The lowest BCUT2D eigenvalue weighted by molar-refractivity contribution is 0.0908. The highest BCUT2D eigenvalue weighted by Crippen LogP contribution is 2.24. The molecule has 2 aromatic rings. The van der Waals surface area contributed by atoms with Gasteiger partial charge in [0, 0.05) is 31.2 Å². The summed E-state index contributed by atoms with van der Waals surface area (Å²) in [5.74, 6) is 0.0287. The molecule has 2 aromatic carbocycles. The number of carbonyl (C=O) groups excluding carboxylic acids is 1. The lowest BCUT2D eigenvalue weighted by Gasteiger charge is -2.32. The number of likely N-dealkylation sites (tertiary alicyclic amines) is 1. The molecule has 3 nitrogen and oxygen atoms in total. The zero-order valence-electron chi connectivity index (χ0n) is 14.3. The number of aryl methyl sites for hydroxylation is 1. The quantitative estimate of drug-likeness (QED) is 0.838. The fraction of sp³-hybridized carbons (Fsp3) is 0.350. The third-order valence-electron chi connectivity index (χ3n) is 4.70. The number of rotatable bonds is 4. The molecule has 0 spiro atoms. The molecule has 0 radical (unpaired) electrons. The molecule has 0 bridgehead atoms. The molecule has 1 aliphatic rings. The molecule has 0 aromatic heterocycles. The molecule has 1 heterocycles. The van der Waals surface area contributed by atoms with E-state index in [1.165, 1.54) is 0 Å². The number of amides is 1. The summed E-state index contributed by atoms with van der Waals surface area (Å²) in [5.41, 5.74) is 2.94. The highest BCUT2D eigenvalue weighted by Gasteiger charge is 2.21. The van der Waals surface area contributed by atoms with Gasteiger partial charge in [0.1, 0.15) is 0 Å². The number of halogens is 2. The van der Waals surface area contributed by atoms with Gasteiger partial charge in [0.2, 0.25) is 0 Å². The van der Waals surface area contributed by atoms with Crippen LogP contribution in [0.4, 0.5) is 0 Å². The molecule has 3 rings (SSSR count). The van der Waals surface area contributed by atoms with Crippen LogP contribution >= 0.6 is 23.2 Å². The first-order valence-electron chi connectivity index (χ1n) is 8.55. The van der Waals surface area contributed by atoms with Gasteiger partial charge in [-0.3, -0.25) is 9.69 Å². The molecule has 1 aliphatic heterocycles. The van der Waals surface area contributed by atoms with Gasteiger partial charge in [-0.15, -0.1) is 0 Å². The first kappa shape index (κ1) is 18.2. The summed E-state index contributed by atoms with van der Waals surface area (Å²) in [5, 5.41) is 4.36. The maximum Gasteiger partial charge on any atom is 0.251 e. The summed E-state index contributed by atoms with van der Waals surface area (Å²) in [6, 6.07) is 13.7. The second-order valence-electron chi connectivity index (χ2n) is 6.59. The van der Waals surface area contributed by atoms with Crippen molar-refractivity contribution in [2.24, 2.45) is 0 Å². The van der Waals surface area contributed by atoms with E-state index in [4.69, 9.17) is 23.2 Å². The molecule has 0 saturated carbocycles. The van der Waals surface area contributed by atoms with Crippen molar-refractivity contribution in [1.29, 1.82) is 0 Å². The van der Waals surface area contributed by atoms with Gasteiger partial charge in [-0.1, -0.05) is 47.5 Å². The predicted molar refractivity (Wildman–Crippen MR) is 103 cm³/mol. The van der Waals surface area contributed by atoms with E-state index in [2.05, 4.69) is 10.2 Å². The van der Waals surface area contributed by atoms with Crippen molar-refractivity contribution in [3.05, 3.63) is 69.2 Å². The predicted octanol–water partition coefficient (Wildman–Crippen LogP) is 4.70. The average molecular weight is 377 g/mol. The Morgan fingerprint density at radius 1 is 1.12 bits per heavy atom. The molecule has 132 valence electrons. The van der Waals surface area contributed by atoms with Crippen LogP contribution in [0.25, 0.3) is 0 Å². The van der Waals surface area contributed by atoms with Gasteiger partial charge in [0.05, 0.1) is 10.0 Å². The van der Waals surface area contributed by atoms with Crippen LogP contribution in [0, 0.1) is 6.92 Å². The third kappa shape index (κ3) is 4.75. The van der Waals surface area contributed by atoms with Crippen LogP contribution in [0.3, 0.4) is 0 Å². The van der Waals surface area contributed by atoms with E-state index in [0.717, 1.165) is 49.2 Å². The van der Waals surface area contributed by atoms with Gasteiger partial charge in [-0.2, -0.15) is 0 Å². The minimum absolute atomic E-state index is 0.0287. The van der Waals surface area contributed by atoms with Crippen molar-refractivity contribution in [3.63, 3.8) is 0 Å². The minimum atomic E-state index is 0.0287. The number of nitrogens with one attached hydrogen (secondary N) is 1. The van der Waals surface area contributed by atoms with Crippen LogP contribution in [0.15, 0.2) is 42.5 Å². The number of piperidine rings is 1. The molecule has 25 heavy (non-hydrogen) atoms. The van der Waals surface area contributed by atoms with E-state index >= 15 is 0 Å². The van der Waals surface area contributed by atoms with E-state index < -0.39 is 0 Å². The Bertz CT molecular complexity index is 755. The molecular formula is C20H22Cl2N2O. The molecule has 0 atom stereocenters. The molecule has 1 fully saturated rings. The van der Waals surface area contributed by atoms with E-state index in [9.17, 15) is 4.79 Å². The largest absolute Gasteiger partial charge is 0.349 e. The summed E-state index contributed by atoms with van der Waals surface area (Å²) >= 11 is 12.1. The van der Waals surface area contributed by atoms with E-state index in [1.807, 2.05) is 49.4 Å². The third-order valence-corrected chi connectivity index (χ3v) is 5.44. The SMILES string of the molecule is Cc1ccccc1C(=O)NC1CCN(Cc2ccc(Cl)c(Cl)c2)CC1. The van der Waals surface area contributed by atoms with E-state index in [0.29, 0.717) is 10.0 Å². The van der Waals surface area contributed by atoms with Crippen molar-refractivity contribution in [1.82, 2.24) is 10.2 Å². The van der Waals surface area contributed by atoms with Crippen molar-refractivity contribution >= 4 is 29.1 Å². The number of benzene rings is 2. The highest BCUT2D eigenvalue weighted by atomic mass is 35.5. The first-order chi connectivity index (χ1) is 12.0. The number of hydrogen-bond acceptors (Lipinski definition) is 2. The Morgan fingerprint density at radius 3 is 2.52 bits per heavy atom. The molecule has 1 amide bonds. The Morgan fingerprint density at radius 2 is 1.84 bits per heavy atom. The van der Waals surface area contributed by atoms with Gasteiger partial charge >= 0.3 is 0 Å². The van der Waals surface area contributed by atoms with Crippen LogP contribution in [0.1, 0.15) is 34.3 Å². The fourth-order valence-corrected chi connectivity index (χ4v) is 3.54. The Kier molecular flexibility index (Phi) is 6.00. The summed E-state index contributed by atoms with van der Waals surface area (Å²) in [7, 11) is 0. The monoisotopic (exact) mass is 376 g/mol. The second-order valence-corrected chi connectivity index (χ2v) is 7.40. The summed E-state index contributed by atoms with van der Waals surface area (Å²) in [6.45, 7) is 4.74. The molecule has 1 saturated heterocycles. The van der Waals surface area contributed by atoms with Gasteiger partial charge in [-0.25, -0.2) is 0 Å². The summed E-state index contributed by atoms with van der Waals surface area (Å²) < 4.78 is 0. The van der Waals surface area contributed by atoms with Crippen LogP contribution in [0.5, 0.6) is 0 Å². The van der Waals surface area contributed by atoms with Crippen molar-refractivity contribution < 1.29 is 4.79 Å². The van der Waals surface area contributed by atoms with Crippen molar-refractivity contribution in [3.8, 4) is 0 Å². The molecule has 0 aliphatic carbocycles. The maximum atomic E-state index is 12.4. The second kappa shape index (κ2) is 8.22. The zero-order valence-corrected chi connectivity index (χ0v) is 15.8. The number of carbonyl (C=O) groups is 1. The van der Waals surface area contributed by atoms with Gasteiger partial charge in [0.25, 0.3) is 5.91 Å². The highest BCUT2D eigenvalue weighted by molar-refractivity contribution is 6.42. The Balaban J connectivity index is 1.51. The van der Waals surface area contributed by atoms with Gasteiger partial charge < -0.3 is 5.32 Å². The lowest BCUT2D eigenvalue weighted by atomic mass is 10.0. The van der Waals surface area contributed by atoms with Crippen molar-refractivity contribution in [2.75, 3.05) is 13.1 Å². The Labute approximate surface area is 158 Å². The Hall–Kier alpha value is -1.55. The van der Waals surface area contributed by atoms with Crippen LogP contribution in [-0.2, 0) is 6.54 Å². The lowest BCUT2D eigenvalue weighted by Crippen LogP contribution is -2.44. The van der Waals surface area contributed by atoms with Crippen LogP contribution < -0.4 is 5.32 Å². The topological polar surface area (TPSA) is 32.3 Å². The molecular weight excluding hydrogens is 355 g/mol. The standard InChI is InChI=1S/C20H22Cl2N2O/c1-14-4-2-3-5-17(14)20(25)23-16-8-10-24(11-9-16)13-15-6-7-18(21)19(22)12-15/h2-7,12,16H,8-11,13H2,1H3,(H,23,25). The molecule has 5 heteroatoms. The van der Waals surface area contributed by atoms with E-state index in [1.54, 1.807) is 0 Å². The van der Waals surface area contributed by atoms with Crippen LogP contribution in [-0.4, -0.2) is 29.9 Å². The maximum absolute atomic E-state index is 12.4. The molecule has 0 unspecified atom stereocenters. The zero-order chi connectivity index (χ0) is 17.8. The summed E-state index contributed by atoms with van der Waals surface area (Å²) in [6.07, 6.45) is 1.91. The smallest absolute Gasteiger partial charge is 0.251 e. The number of nitrogens with zero attached hydrogens (tertiary/aromatic N) is 1. The number of hydrogen-bond donors (Lipinski definition) is 1. The first-order valence-corrected chi connectivity index (χ1v) is 9.31. The normalized spacial score (nSPS) is 16.0. The summed E-state index contributed by atoms with van der Waals surface area (Å²) in [4.78, 5) is 14.8. The minimum Gasteiger partial charge on any atom is -0.349 e. The molecule has 1 N–H and O–H groups in total. The fourth-order valence-electron chi connectivity index (χ4n) is 3.22. The van der Waals surface area contributed by atoms with Gasteiger partial charge in [-0.05, 0) is 49.1 Å². The van der Waals surface area contributed by atoms with Crippen LogP contribution in [0.2, 0.25) is 10.0 Å².